The fourth-order valence-corrected chi connectivity index (χ4v) is 3.69. The second kappa shape index (κ2) is 8.71. The van der Waals surface area contributed by atoms with Crippen molar-refractivity contribution >= 4 is 29.0 Å². The summed E-state index contributed by atoms with van der Waals surface area (Å²) in [5.74, 6) is -0.677. The molecule has 1 atom stereocenters. The van der Waals surface area contributed by atoms with Crippen LogP contribution in [0, 0.1) is 13.8 Å². The van der Waals surface area contributed by atoms with Crippen molar-refractivity contribution in [2.45, 2.75) is 46.2 Å². The van der Waals surface area contributed by atoms with E-state index in [2.05, 4.69) is 19.9 Å². The molecule has 0 aliphatic heterocycles. The monoisotopic (exact) mass is 423 g/mol. The van der Waals surface area contributed by atoms with Crippen LogP contribution in [-0.2, 0) is 4.79 Å². The molecule has 30 heavy (non-hydrogen) atoms. The van der Waals surface area contributed by atoms with Crippen molar-refractivity contribution in [1.29, 1.82) is 0 Å². The summed E-state index contributed by atoms with van der Waals surface area (Å²) in [4.78, 5) is 32.6. The van der Waals surface area contributed by atoms with Gasteiger partial charge in [-0.2, -0.15) is 0 Å². The smallest absolute Gasteiger partial charge is 0.280 e. The Hall–Kier alpha value is -3.13. The molecule has 2 amide bonds. The molecule has 8 heteroatoms. The normalized spacial score (nSPS) is 12.3. The third kappa shape index (κ3) is 5.07. The van der Waals surface area contributed by atoms with Gasteiger partial charge >= 0.3 is 0 Å². The molecule has 7 nitrogen and oxygen atoms in total. The topological polar surface area (TPSA) is 88.1 Å². The molecule has 2 aromatic heterocycles. The van der Waals surface area contributed by atoms with Gasteiger partial charge in [0, 0.05) is 29.0 Å². The van der Waals surface area contributed by atoms with Gasteiger partial charge in [-0.3, -0.25) is 19.5 Å². The first-order valence-corrected chi connectivity index (χ1v) is 10.4. The highest BCUT2D eigenvalue weighted by Gasteiger charge is 2.36. The van der Waals surface area contributed by atoms with Crippen LogP contribution < -0.4 is 10.2 Å². The Balaban J connectivity index is 2.20. The molecule has 3 rings (SSSR count). The molecule has 0 saturated carbocycles. The molecule has 0 fully saturated rings. The minimum Gasteiger partial charge on any atom is -0.349 e. The van der Waals surface area contributed by atoms with Crippen molar-refractivity contribution in [3.8, 4) is 0 Å². The zero-order valence-electron chi connectivity index (χ0n) is 17.7. The third-order valence-electron chi connectivity index (χ3n) is 4.31. The minimum absolute atomic E-state index is 0.196. The Bertz CT molecular complexity index is 1010. The van der Waals surface area contributed by atoms with E-state index in [1.165, 1.54) is 4.90 Å². The van der Waals surface area contributed by atoms with Crippen LogP contribution in [0.1, 0.15) is 54.0 Å². The summed E-state index contributed by atoms with van der Waals surface area (Å²) >= 11 is 1.09. The zero-order valence-corrected chi connectivity index (χ0v) is 18.5. The molecule has 2 heterocycles. The van der Waals surface area contributed by atoms with E-state index in [0.717, 1.165) is 22.7 Å². The lowest BCUT2D eigenvalue weighted by Gasteiger charge is -2.33. The average molecular weight is 424 g/mol. The Labute approximate surface area is 180 Å². The molecule has 0 radical (unpaired) electrons. The SMILES string of the molecule is Cc1cc(C)cc(N(C(=O)c2csnn2)[C@@H](C(=O)NC(C)(C)C)c2ccncc2)c1. The maximum Gasteiger partial charge on any atom is 0.280 e. The summed E-state index contributed by atoms with van der Waals surface area (Å²) in [7, 11) is 0. The fourth-order valence-electron chi connectivity index (χ4n) is 3.26. The lowest BCUT2D eigenvalue weighted by Crippen LogP contribution is -2.49. The highest BCUT2D eigenvalue weighted by molar-refractivity contribution is 7.03. The zero-order chi connectivity index (χ0) is 21.9. The Kier molecular flexibility index (Phi) is 6.26. The number of pyridine rings is 1. The maximum absolute atomic E-state index is 13.5. The summed E-state index contributed by atoms with van der Waals surface area (Å²) in [6.45, 7) is 9.63. The minimum atomic E-state index is -0.900. The van der Waals surface area contributed by atoms with E-state index in [-0.39, 0.29) is 17.5 Å². The van der Waals surface area contributed by atoms with Crippen LogP contribution in [0.25, 0.3) is 0 Å². The van der Waals surface area contributed by atoms with Crippen LogP contribution in [0.2, 0.25) is 0 Å². The summed E-state index contributed by atoms with van der Waals surface area (Å²) in [6.07, 6.45) is 3.22. The van der Waals surface area contributed by atoms with E-state index in [9.17, 15) is 9.59 Å². The number of nitrogens with one attached hydrogen (secondary N) is 1. The number of nitrogens with zero attached hydrogens (tertiary/aromatic N) is 4. The number of aryl methyl sites for hydroxylation is 2. The van der Waals surface area contributed by atoms with Crippen molar-refractivity contribution in [2.24, 2.45) is 0 Å². The number of rotatable bonds is 5. The van der Waals surface area contributed by atoms with E-state index < -0.39 is 11.6 Å². The Morgan fingerprint density at radius 2 is 1.70 bits per heavy atom. The summed E-state index contributed by atoms with van der Waals surface area (Å²) < 4.78 is 3.82. The van der Waals surface area contributed by atoms with Gasteiger partial charge in [0.1, 0.15) is 6.04 Å². The maximum atomic E-state index is 13.5. The number of aromatic nitrogens is 3. The van der Waals surface area contributed by atoms with E-state index in [0.29, 0.717) is 11.3 Å². The Morgan fingerprint density at radius 3 is 2.23 bits per heavy atom. The first-order valence-electron chi connectivity index (χ1n) is 9.56. The van der Waals surface area contributed by atoms with Gasteiger partial charge in [-0.05, 0) is 87.1 Å². The van der Waals surface area contributed by atoms with Crippen molar-refractivity contribution in [3.63, 3.8) is 0 Å². The molecule has 1 N–H and O–H groups in total. The van der Waals surface area contributed by atoms with Crippen molar-refractivity contribution in [3.05, 3.63) is 70.5 Å². The van der Waals surface area contributed by atoms with Crippen LogP contribution >= 0.6 is 11.5 Å². The van der Waals surface area contributed by atoms with Crippen molar-refractivity contribution in [2.75, 3.05) is 4.90 Å². The molecular formula is C22H25N5O2S. The van der Waals surface area contributed by atoms with Gasteiger partial charge in [0.15, 0.2) is 5.69 Å². The van der Waals surface area contributed by atoms with Gasteiger partial charge in [-0.15, -0.1) is 5.10 Å². The van der Waals surface area contributed by atoms with E-state index in [4.69, 9.17) is 0 Å². The van der Waals surface area contributed by atoms with Crippen LogP contribution in [-0.4, -0.2) is 31.9 Å². The van der Waals surface area contributed by atoms with Gasteiger partial charge in [0.25, 0.3) is 5.91 Å². The number of benzene rings is 1. The van der Waals surface area contributed by atoms with Crippen LogP contribution in [0.3, 0.4) is 0 Å². The summed E-state index contributed by atoms with van der Waals surface area (Å²) in [5, 5.41) is 8.55. The number of carbonyl (C=O) groups excluding carboxylic acids is 2. The highest BCUT2D eigenvalue weighted by atomic mass is 32.1. The molecule has 0 saturated heterocycles. The summed E-state index contributed by atoms with van der Waals surface area (Å²) in [5.41, 5.74) is 2.98. The van der Waals surface area contributed by atoms with Crippen LogP contribution in [0.15, 0.2) is 48.1 Å². The van der Waals surface area contributed by atoms with Crippen LogP contribution in [0.5, 0.6) is 0 Å². The number of carbonyl (C=O) groups is 2. The second-order valence-electron chi connectivity index (χ2n) is 8.23. The molecular weight excluding hydrogens is 398 g/mol. The van der Waals surface area contributed by atoms with E-state index in [1.54, 1.807) is 29.9 Å². The van der Waals surface area contributed by atoms with Gasteiger partial charge < -0.3 is 5.32 Å². The number of amides is 2. The van der Waals surface area contributed by atoms with Crippen molar-refractivity contribution < 1.29 is 9.59 Å². The van der Waals surface area contributed by atoms with Gasteiger partial charge in [0.2, 0.25) is 5.91 Å². The quantitative estimate of drug-likeness (QED) is 0.673. The van der Waals surface area contributed by atoms with E-state index in [1.807, 2.05) is 52.8 Å². The predicted octanol–water partition coefficient (Wildman–Crippen LogP) is 3.85. The number of hydrogen-bond donors (Lipinski definition) is 1. The predicted molar refractivity (Wildman–Crippen MR) is 118 cm³/mol. The van der Waals surface area contributed by atoms with Crippen LogP contribution in [0.4, 0.5) is 5.69 Å². The highest BCUT2D eigenvalue weighted by Crippen LogP contribution is 2.31. The molecule has 0 bridgehead atoms. The molecule has 0 unspecified atom stereocenters. The number of hydrogen-bond acceptors (Lipinski definition) is 6. The molecule has 0 aliphatic carbocycles. The largest absolute Gasteiger partial charge is 0.349 e. The molecule has 1 aromatic carbocycles. The molecule has 0 spiro atoms. The first-order chi connectivity index (χ1) is 14.2. The average Bonchev–Trinajstić information content (AvgIpc) is 3.18. The first kappa shape index (κ1) is 21.6. The van der Waals surface area contributed by atoms with Crippen molar-refractivity contribution in [1.82, 2.24) is 19.9 Å². The van der Waals surface area contributed by atoms with Gasteiger partial charge in [-0.25, -0.2) is 0 Å². The molecule has 3 aromatic rings. The standard InChI is InChI=1S/C22H25N5O2S/c1-14-10-15(2)12-17(11-14)27(21(29)18-13-30-26-25-18)19(16-6-8-23-9-7-16)20(28)24-22(3,4)5/h6-13,19H,1-5H3,(H,24,28)/t19-/m1/s1. The lowest BCUT2D eigenvalue weighted by molar-refractivity contribution is -0.123. The second-order valence-corrected chi connectivity index (χ2v) is 8.84. The molecule has 156 valence electrons. The Morgan fingerprint density at radius 1 is 1.07 bits per heavy atom. The van der Waals surface area contributed by atoms with Gasteiger partial charge in [0.05, 0.1) is 0 Å². The van der Waals surface area contributed by atoms with E-state index >= 15 is 0 Å². The molecule has 0 aliphatic rings. The summed E-state index contributed by atoms with van der Waals surface area (Å²) in [6, 6.07) is 8.40. The third-order valence-corrected chi connectivity index (χ3v) is 4.81. The van der Waals surface area contributed by atoms with Gasteiger partial charge in [-0.1, -0.05) is 10.6 Å². The number of anilines is 1. The fraction of sp³-hybridized carbons (Fsp3) is 0.318. The lowest BCUT2D eigenvalue weighted by atomic mass is 10.0.